The van der Waals surface area contributed by atoms with Crippen LogP contribution in [0, 0.1) is 29.0 Å². The van der Waals surface area contributed by atoms with E-state index in [1.165, 1.54) is 17.0 Å². The average Bonchev–Trinajstić information content (AvgIpc) is 2.83. The number of halogens is 1. The van der Waals surface area contributed by atoms with Gasteiger partial charge < -0.3 is 15.3 Å². The molecule has 2 atom stereocenters. The number of carbonyl (C=O) groups is 2. The van der Waals surface area contributed by atoms with Crippen molar-refractivity contribution in [1.29, 1.82) is 5.26 Å². The highest BCUT2D eigenvalue weighted by Gasteiger charge is 2.37. The van der Waals surface area contributed by atoms with Gasteiger partial charge >= 0.3 is 12.0 Å². The minimum absolute atomic E-state index is 0.0366. The summed E-state index contributed by atoms with van der Waals surface area (Å²) >= 11 is 0. The van der Waals surface area contributed by atoms with Gasteiger partial charge in [-0.15, -0.1) is 0 Å². The monoisotopic (exact) mass is 291 g/mol. The lowest BCUT2D eigenvalue weighted by molar-refractivity contribution is -0.142. The van der Waals surface area contributed by atoms with Crippen LogP contribution in [0.5, 0.6) is 0 Å². The van der Waals surface area contributed by atoms with Crippen LogP contribution < -0.4 is 5.32 Å². The lowest BCUT2D eigenvalue weighted by Gasteiger charge is -2.17. The zero-order valence-electron chi connectivity index (χ0n) is 11.3. The summed E-state index contributed by atoms with van der Waals surface area (Å²) in [6.07, 6.45) is 0. The second-order valence-electron chi connectivity index (χ2n) is 5.06. The standard InChI is InChI=1S/C14H14FN3O3/c1-8-6-18(7-10(8)13(19)20)14(21)17-12-3-2-9(5-16)4-11(12)15/h2-4,8,10H,6-7H2,1H3,(H,17,21)(H,19,20)/t8-,10-/m1/s1. The second kappa shape index (κ2) is 5.79. The highest BCUT2D eigenvalue weighted by Crippen LogP contribution is 2.24. The van der Waals surface area contributed by atoms with Gasteiger partial charge in [0.2, 0.25) is 0 Å². The first kappa shape index (κ1) is 14.8. The highest BCUT2D eigenvalue weighted by atomic mass is 19.1. The Morgan fingerprint density at radius 3 is 2.71 bits per heavy atom. The summed E-state index contributed by atoms with van der Waals surface area (Å²) in [4.78, 5) is 24.4. The van der Waals surface area contributed by atoms with Crippen molar-refractivity contribution in [3.63, 3.8) is 0 Å². The minimum atomic E-state index is -0.942. The van der Waals surface area contributed by atoms with E-state index in [0.29, 0.717) is 6.54 Å². The van der Waals surface area contributed by atoms with Gasteiger partial charge in [-0.2, -0.15) is 5.26 Å². The molecule has 0 radical (unpaired) electrons. The first-order chi connectivity index (χ1) is 9.92. The van der Waals surface area contributed by atoms with Crippen LogP contribution in [-0.4, -0.2) is 35.1 Å². The Balaban J connectivity index is 2.06. The molecule has 1 heterocycles. The first-order valence-corrected chi connectivity index (χ1v) is 6.40. The Hall–Kier alpha value is -2.62. The van der Waals surface area contributed by atoms with Gasteiger partial charge in [0.05, 0.1) is 23.2 Å². The molecule has 0 bridgehead atoms. The lowest BCUT2D eigenvalue weighted by Crippen LogP contribution is -2.34. The molecule has 1 aliphatic rings. The normalized spacial score (nSPS) is 20.9. The van der Waals surface area contributed by atoms with E-state index in [-0.39, 0.29) is 23.7 Å². The Morgan fingerprint density at radius 2 is 2.19 bits per heavy atom. The molecule has 1 saturated heterocycles. The number of carbonyl (C=O) groups excluding carboxylic acids is 1. The van der Waals surface area contributed by atoms with Gasteiger partial charge in [-0.1, -0.05) is 6.92 Å². The molecule has 0 aliphatic carbocycles. The van der Waals surface area contributed by atoms with E-state index in [1.807, 2.05) is 0 Å². The molecule has 0 unspecified atom stereocenters. The molecule has 2 rings (SSSR count). The molecule has 2 amide bonds. The molecular formula is C14H14FN3O3. The van der Waals surface area contributed by atoms with Gasteiger partial charge in [-0.3, -0.25) is 4.79 Å². The van der Waals surface area contributed by atoms with E-state index in [2.05, 4.69) is 5.32 Å². The fourth-order valence-corrected chi connectivity index (χ4v) is 2.33. The number of likely N-dealkylation sites (tertiary alicyclic amines) is 1. The van der Waals surface area contributed by atoms with Crippen LogP contribution in [0.2, 0.25) is 0 Å². The summed E-state index contributed by atoms with van der Waals surface area (Å²) in [7, 11) is 0. The first-order valence-electron chi connectivity index (χ1n) is 6.40. The summed E-state index contributed by atoms with van der Waals surface area (Å²) in [5.41, 5.74) is 0.122. The molecule has 1 aromatic carbocycles. The zero-order chi connectivity index (χ0) is 15.6. The number of nitrogens with one attached hydrogen (secondary N) is 1. The maximum Gasteiger partial charge on any atom is 0.321 e. The van der Waals surface area contributed by atoms with E-state index in [4.69, 9.17) is 10.4 Å². The van der Waals surface area contributed by atoms with Crippen molar-refractivity contribution in [2.75, 3.05) is 18.4 Å². The van der Waals surface area contributed by atoms with Crippen LogP contribution in [-0.2, 0) is 4.79 Å². The lowest BCUT2D eigenvalue weighted by atomic mass is 9.99. The number of nitriles is 1. The maximum atomic E-state index is 13.7. The van der Waals surface area contributed by atoms with Crippen molar-refractivity contribution >= 4 is 17.7 Å². The van der Waals surface area contributed by atoms with Crippen molar-refractivity contribution in [2.24, 2.45) is 11.8 Å². The number of benzene rings is 1. The summed E-state index contributed by atoms with van der Waals surface area (Å²) < 4.78 is 13.7. The van der Waals surface area contributed by atoms with Crippen LogP contribution in [0.25, 0.3) is 0 Å². The van der Waals surface area contributed by atoms with Crippen molar-refractivity contribution in [3.8, 4) is 6.07 Å². The predicted octanol–water partition coefficient (Wildman–Crippen LogP) is 1.88. The Morgan fingerprint density at radius 1 is 1.48 bits per heavy atom. The summed E-state index contributed by atoms with van der Waals surface area (Å²) in [5, 5.41) is 20.1. The number of carboxylic acids is 1. The highest BCUT2D eigenvalue weighted by molar-refractivity contribution is 5.90. The summed E-state index contributed by atoms with van der Waals surface area (Å²) in [5.74, 6) is -2.41. The number of urea groups is 1. The van der Waals surface area contributed by atoms with Gasteiger partial charge in [0.25, 0.3) is 0 Å². The number of aliphatic carboxylic acids is 1. The van der Waals surface area contributed by atoms with Gasteiger partial charge in [-0.05, 0) is 24.1 Å². The van der Waals surface area contributed by atoms with E-state index in [0.717, 1.165) is 6.07 Å². The molecule has 21 heavy (non-hydrogen) atoms. The van der Waals surface area contributed by atoms with Crippen molar-refractivity contribution in [2.45, 2.75) is 6.92 Å². The third kappa shape index (κ3) is 3.11. The van der Waals surface area contributed by atoms with Crippen LogP contribution in [0.3, 0.4) is 0 Å². The zero-order valence-corrected chi connectivity index (χ0v) is 11.3. The molecule has 110 valence electrons. The van der Waals surface area contributed by atoms with E-state index >= 15 is 0 Å². The van der Waals surface area contributed by atoms with Crippen molar-refractivity contribution in [1.82, 2.24) is 4.90 Å². The fraction of sp³-hybridized carbons (Fsp3) is 0.357. The molecule has 7 heteroatoms. The molecule has 1 aliphatic heterocycles. The third-order valence-corrected chi connectivity index (χ3v) is 3.56. The number of nitrogens with zero attached hydrogens (tertiary/aromatic N) is 2. The van der Waals surface area contributed by atoms with E-state index < -0.39 is 23.7 Å². The number of carboxylic acid groups (broad SMARTS) is 1. The topological polar surface area (TPSA) is 93.4 Å². The van der Waals surface area contributed by atoms with Crippen molar-refractivity contribution in [3.05, 3.63) is 29.6 Å². The number of rotatable bonds is 2. The molecule has 1 fully saturated rings. The minimum Gasteiger partial charge on any atom is -0.481 e. The number of hydrogen-bond acceptors (Lipinski definition) is 3. The van der Waals surface area contributed by atoms with Crippen LogP contribution in [0.15, 0.2) is 18.2 Å². The summed E-state index contributed by atoms with van der Waals surface area (Å²) in [6, 6.07) is 4.98. The average molecular weight is 291 g/mol. The molecule has 1 aromatic rings. The Kier molecular flexibility index (Phi) is 4.08. The van der Waals surface area contributed by atoms with E-state index in [1.54, 1.807) is 13.0 Å². The number of anilines is 1. The molecule has 6 nitrogen and oxygen atoms in total. The van der Waals surface area contributed by atoms with E-state index in [9.17, 15) is 14.0 Å². The third-order valence-electron chi connectivity index (χ3n) is 3.56. The Bertz CT molecular complexity index is 626. The van der Waals surface area contributed by atoms with Crippen LogP contribution in [0.4, 0.5) is 14.9 Å². The predicted molar refractivity (Wildman–Crippen MR) is 72.0 cm³/mol. The van der Waals surface area contributed by atoms with Gasteiger partial charge in [0.1, 0.15) is 5.82 Å². The SMILES string of the molecule is C[C@@H]1CN(C(=O)Nc2ccc(C#N)cc2F)C[C@H]1C(=O)O. The van der Waals surface area contributed by atoms with Gasteiger partial charge in [-0.25, -0.2) is 9.18 Å². The molecule has 2 N–H and O–H groups in total. The van der Waals surface area contributed by atoms with Crippen molar-refractivity contribution < 1.29 is 19.1 Å². The second-order valence-corrected chi connectivity index (χ2v) is 5.06. The quantitative estimate of drug-likeness (QED) is 0.870. The smallest absolute Gasteiger partial charge is 0.321 e. The van der Waals surface area contributed by atoms with Crippen LogP contribution >= 0.6 is 0 Å². The number of hydrogen-bond donors (Lipinski definition) is 2. The largest absolute Gasteiger partial charge is 0.481 e. The number of amides is 2. The fourth-order valence-electron chi connectivity index (χ4n) is 2.33. The molecule has 0 saturated carbocycles. The van der Waals surface area contributed by atoms with Gasteiger partial charge in [0, 0.05) is 13.1 Å². The maximum absolute atomic E-state index is 13.7. The molecule has 0 spiro atoms. The van der Waals surface area contributed by atoms with Crippen LogP contribution in [0.1, 0.15) is 12.5 Å². The van der Waals surface area contributed by atoms with Gasteiger partial charge in [0.15, 0.2) is 0 Å². The molecular weight excluding hydrogens is 277 g/mol. The molecule has 0 aromatic heterocycles. The summed E-state index contributed by atoms with van der Waals surface area (Å²) in [6.45, 7) is 2.16. The Labute approximate surface area is 120 Å².